The Morgan fingerprint density at radius 3 is 2.46 bits per heavy atom. The molecule has 1 N–H and O–H groups in total. The number of rotatable bonds is 2. The second-order valence-corrected chi connectivity index (χ2v) is 7.10. The second kappa shape index (κ2) is 5.78. The Morgan fingerprint density at radius 1 is 1.21 bits per heavy atom. The number of aliphatic carboxylic acids is 1. The average molecular weight is 327 g/mol. The van der Waals surface area contributed by atoms with Crippen molar-refractivity contribution in [2.45, 2.75) is 45.3 Å². The molecule has 0 aliphatic carbocycles. The predicted octanol–water partition coefficient (Wildman–Crippen LogP) is 2.29. The SMILES string of the molecule is CC(C)(C)n1cc(C(=O)N2Cc3ccccc3C[C@H]2C(=O)O)cn1. The lowest BCUT2D eigenvalue weighted by molar-refractivity contribution is -0.142. The van der Waals surface area contributed by atoms with Crippen molar-refractivity contribution in [3.05, 3.63) is 53.3 Å². The van der Waals surface area contributed by atoms with Crippen LogP contribution in [-0.2, 0) is 23.3 Å². The van der Waals surface area contributed by atoms with Crippen LogP contribution in [0.3, 0.4) is 0 Å². The molecule has 2 aromatic rings. The third-order valence-corrected chi connectivity index (χ3v) is 4.31. The molecule has 6 heteroatoms. The molecule has 24 heavy (non-hydrogen) atoms. The van der Waals surface area contributed by atoms with Crippen LogP contribution < -0.4 is 0 Å². The molecule has 0 radical (unpaired) electrons. The molecule has 1 aliphatic heterocycles. The van der Waals surface area contributed by atoms with E-state index in [1.54, 1.807) is 10.9 Å². The largest absolute Gasteiger partial charge is 0.480 e. The zero-order valence-electron chi connectivity index (χ0n) is 14.1. The van der Waals surface area contributed by atoms with Crippen LogP contribution in [0.25, 0.3) is 0 Å². The lowest BCUT2D eigenvalue weighted by atomic mass is 9.93. The molecule has 0 saturated heterocycles. The highest BCUT2D eigenvalue weighted by atomic mass is 16.4. The highest BCUT2D eigenvalue weighted by Crippen LogP contribution is 2.25. The summed E-state index contributed by atoms with van der Waals surface area (Å²) in [5.41, 5.74) is 2.15. The molecule has 1 amide bonds. The third kappa shape index (κ3) is 2.91. The van der Waals surface area contributed by atoms with Crippen LogP contribution in [0.5, 0.6) is 0 Å². The van der Waals surface area contributed by atoms with Gasteiger partial charge in [-0.3, -0.25) is 9.48 Å². The van der Waals surface area contributed by atoms with E-state index < -0.39 is 12.0 Å². The highest BCUT2D eigenvalue weighted by molar-refractivity contribution is 5.96. The van der Waals surface area contributed by atoms with E-state index in [-0.39, 0.29) is 11.4 Å². The van der Waals surface area contributed by atoms with Crippen molar-refractivity contribution in [1.82, 2.24) is 14.7 Å². The minimum Gasteiger partial charge on any atom is -0.480 e. The van der Waals surface area contributed by atoms with Gasteiger partial charge in [-0.05, 0) is 31.9 Å². The van der Waals surface area contributed by atoms with Crippen molar-refractivity contribution in [3.8, 4) is 0 Å². The van der Waals surface area contributed by atoms with Crippen LogP contribution in [0.4, 0.5) is 0 Å². The van der Waals surface area contributed by atoms with E-state index >= 15 is 0 Å². The van der Waals surface area contributed by atoms with Gasteiger partial charge in [-0.1, -0.05) is 24.3 Å². The van der Waals surface area contributed by atoms with Crippen molar-refractivity contribution >= 4 is 11.9 Å². The Labute approximate surface area is 140 Å². The number of carbonyl (C=O) groups is 2. The van der Waals surface area contributed by atoms with Crippen LogP contribution >= 0.6 is 0 Å². The minimum absolute atomic E-state index is 0.237. The Bertz CT molecular complexity index is 789. The average Bonchev–Trinajstić information content (AvgIpc) is 3.03. The molecule has 2 heterocycles. The van der Waals surface area contributed by atoms with Crippen LogP contribution in [-0.4, -0.2) is 37.7 Å². The first kappa shape index (κ1) is 16.2. The van der Waals surface area contributed by atoms with E-state index in [0.29, 0.717) is 18.5 Å². The lowest BCUT2D eigenvalue weighted by Gasteiger charge is -2.34. The highest BCUT2D eigenvalue weighted by Gasteiger charge is 2.35. The molecular formula is C18H21N3O3. The normalized spacial score (nSPS) is 17.5. The summed E-state index contributed by atoms with van der Waals surface area (Å²) >= 11 is 0. The summed E-state index contributed by atoms with van der Waals surface area (Å²) in [4.78, 5) is 26.0. The van der Waals surface area contributed by atoms with Gasteiger partial charge < -0.3 is 10.0 Å². The number of carboxylic acids is 1. The quantitative estimate of drug-likeness (QED) is 0.918. The number of aromatic nitrogens is 2. The molecule has 0 unspecified atom stereocenters. The zero-order chi connectivity index (χ0) is 17.5. The Balaban J connectivity index is 1.93. The fraction of sp³-hybridized carbons (Fsp3) is 0.389. The van der Waals surface area contributed by atoms with Gasteiger partial charge in [-0.15, -0.1) is 0 Å². The van der Waals surface area contributed by atoms with Gasteiger partial charge in [0.15, 0.2) is 0 Å². The van der Waals surface area contributed by atoms with Gasteiger partial charge in [0.25, 0.3) is 5.91 Å². The number of carboxylic acid groups (broad SMARTS) is 1. The first-order valence-corrected chi connectivity index (χ1v) is 7.93. The maximum absolute atomic E-state index is 12.9. The molecule has 1 atom stereocenters. The lowest BCUT2D eigenvalue weighted by Crippen LogP contribution is -2.48. The van der Waals surface area contributed by atoms with Crippen molar-refractivity contribution < 1.29 is 14.7 Å². The van der Waals surface area contributed by atoms with Gasteiger partial charge in [0, 0.05) is 19.2 Å². The molecule has 0 saturated carbocycles. The van der Waals surface area contributed by atoms with Crippen LogP contribution in [0.2, 0.25) is 0 Å². The van der Waals surface area contributed by atoms with E-state index in [2.05, 4.69) is 5.10 Å². The van der Waals surface area contributed by atoms with Crippen LogP contribution in [0.15, 0.2) is 36.7 Å². The number of carbonyl (C=O) groups excluding carboxylic acids is 1. The van der Waals surface area contributed by atoms with E-state index in [9.17, 15) is 14.7 Å². The number of fused-ring (bicyclic) bond motifs is 1. The first-order valence-electron chi connectivity index (χ1n) is 7.93. The summed E-state index contributed by atoms with van der Waals surface area (Å²) in [5, 5.41) is 13.8. The Morgan fingerprint density at radius 2 is 1.88 bits per heavy atom. The minimum atomic E-state index is -0.985. The van der Waals surface area contributed by atoms with Crippen LogP contribution in [0, 0.1) is 0 Å². The summed E-state index contributed by atoms with van der Waals surface area (Å²) in [6.45, 7) is 6.27. The van der Waals surface area contributed by atoms with Crippen molar-refractivity contribution in [2.24, 2.45) is 0 Å². The molecular weight excluding hydrogens is 306 g/mol. The molecule has 126 valence electrons. The summed E-state index contributed by atoms with van der Waals surface area (Å²) < 4.78 is 1.72. The van der Waals surface area contributed by atoms with E-state index in [0.717, 1.165) is 11.1 Å². The molecule has 6 nitrogen and oxygen atoms in total. The van der Waals surface area contributed by atoms with E-state index in [1.807, 2.05) is 45.0 Å². The Kier molecular flexibility index (Phi) is 3.91. The zero-order valence-corrected chi connectivity index (χ0v) is 14.1. The third-order valence-electron chi connectivity index (χ3n) is 4.31. The maximum atomic E-state index is 12.9. The monoisotopic (exact) mass is 327 g/mol. The van der Waals surface area contributed by atoms with E-state index in [1.165, 1.54) is 11.1 Å². The maximum Gasteiger partial charge on any atom is 0.326 e. The van der Waals surface area contributed by atoms with Gasteiger partial charge in [0.2, 0.25) is 0 Å². The molecule has 1 aromatic heterocycles. The number of amides is 1. The number of hydrogen-bond donors (Lipinski definition) is 1. The molecule has 3 rings (SSSR count). The number of nitrogens with zero attached hydrogens (tertiary/aromatic N) is 3. The summed E-state index contributed by atoms with van der Waals surface area (Å²) in [5.74, 6) is -1.28. The smallest absolute Gasteiger partial charge is 0.326 e. The standard InChI is InChI=1S/C18H21N3O3/c1-18(2,3)21-11-14(9-19-21)16(22)20-10-13-7-5-4-6-12(13)8-15(20)17(23)24/h4-7,9,11,15H,8,10H2,1-3H3,(H,23,24)/t15-/m0/s1. The van der Waals surface area contributed by atoms with Gasteiger partial charge in [-0.2, -0.15) is 5.10 Å². The molecule has 0 bridgehead atoms. The van der Waals surface area contributed by atoms with Gasteiger partial charge >= 0.3 is 5.97 Å². The first-order chi connectivity index (χ1) is 11.3. The van der Waals surface area contributed by atoms with Gasteiger partial charge in [0.1, 0.15) is 6.04 Å². The van der Waals surface area contributed by atoms with Crippen molar-refractivity contribution in [2.75, 3.05) is 0 Å². The fourth-order valence-electron chi connectivity index (χ4n) is 2.92. The van der Waals surface area contributed by atoms with Crippen molar-refractivity contribution in [3.63, 3.8) is 0 Å². The summed E-state index contributed by atoms with van der Waals surface area (Å²) in [6, 6.07) is 6.80. The molecule has 0 fully saturated rings. The van der Waals surface area contributed by atoms with Crippen molar-refractivity contribution in [1.29, 1.82) is 0 Å². The summed E-state index contributed by atoms with van der Waals surface area (Å²) in [6.07, 6.45) is 3.51. The molecule has 0 spiro atoms. The van der Waals surface area contributed by atoms with E-state index in [4.69, 9.17) is 0 Å². The van der Waals surface area contributed by atoms with Gasteiger partial charge in [0.05, 0.1) is 17.3 Å². The number of hydrogen-bond acceptors (Lipinski definition) is 3. The Hall–Kier alpha value is -2.63. The summed E-state index contributed by atoms with van der Waals surface area (Å²) in [7, 11) is 0. The molecule has 1 aromatic carbocycles. The van der Waals surface area contributed by atoms with Crippen LogP contribution in [0.1, 0.15) is 42.3 Å². The number of benzene rings is 1. The molecule has 1 aliphatic rings. The van der Waals surface area contributed by atoms with Gasteiger partial charge in [-0.25, -0.2) is 4.79 Å². The topological polar surface area (TPSA) is 75.4 Å². The fourth-order valence-corrected chi connectivity index (χ4v) is 2.92. The predicted molar refractivity (Wildman–Crippen MR) is 88.7 cm³/mol. The second-order valence-electron chi connectivity index (χ2n) is 7.10.